The first kappa shape index (κ1) is 17.4. The van der Waals surface area contributed by atoms with Gasteiger partial charge in [0, 0.05) is 25.6 Å². The molecule has 0 radical (unpaired) electrons. The van der Waals surface area contributed by atoms with Gasteiger partial charge in [0.15, 0.2) is 0 Å². The Hall–Kier alpha value is -2.40. The van der Waals surface area contributed by atoms with Crippen LogP contribution >= 0.6 is 0 Å². The number of carbonyl (C=O) groups excluding carboxylic acids is 1. The van der Waals surface area contributed by atoms with Gasteiger partial charge in [0.05, 0.1) is 0 Å². The Morgan fingerprint density at radius 2 is 2.00 bits per heavy atom. The van der Waals surface area contributed by atoms with Crippen LogP contribution in [0.25, 0.3) is 0 Å². The summed E-state index contributed by atoms with van der Waals surface area (Å²) in [5, 5.41) is 0. The van der Waals surface area contributed by atoms with Gasteiger partial charge in [-0.1, -0.05) is 18.2 Å². The fourth-order valence-corrected chi connectivity index (χ4v) is 3.33. The minimum atomic E-state index is -0.315. The van der Waals surface area contributed by atoms with Crippen LogP contribution < -0.4 is 10.5 Å². The van der Waals surface area contributed by atoms with Crippen molar-refractivity contribution in [3.8, 4) is 11.5 Å². The van der Waals surface area contributed by atoms with E-state index in [0.29, 0.717) is 23.8 Å². The van der Waals surface area contributed by atoms with Gasteiger partial charge in [-0.2, -0.15) is 0 Å². The summed E-state index contributed by atoms with van der Waals surface area (Å²) in [6, 6.07) is 13.9. The lowest BCUT2D eigenvalue weighted by atomic mass is 9.94. The number of primary amides is 1. The average molecular weight is 342 g/mol. The number of benzene rings is 2. The number of piperidine rings is 1. The second kappa shape index (κ2) is 8.12. The number of carbonyl (C=O) groups is 1. The zero-order chi connectivity index (χ0) is 17.6. The van der Waals surface area contributed by atoms with Crippen molar-refractivity contribution in [2.45, 2.75) is 25.8 Å². The van der Waals surface area contributed by atoms with Gasteiger partial charge in [0.2, 0.25) is 5.91 Å². The maximum absolute atomic E-state index is 13.2. The van der Waals surface area contributed by atoms with Gasteiger partial charge >= 0.3 is 0 Å². The molecule has 0 spiro atoms. The van der Waals surface area contributed by atoms with Gasteiger partial charge in [0.1, 0.15) is 17.3 Å². The lowest BCUT2D eigenvalue weighted by Gasteiger charge is -2.32. The number of likely N-dealkylation sites (tertiary alicyclic amines) is 1. The Morgan fingerprint density at radius 1 is 1.20 bits per heavy atom. The third-order valence-electron chi connectivity index (χ3n) is 4.45. The van der Waals surface area contributed by atoms with Gasteiger partial charge in [0.25, 0.3) is 0 Å². The summed E-state index contributed by atoms with van der Waals surface area (Å²) in [5.41, 5.74) is 6.50. The Balaban J connectivity index is 1.56. The quantitative estimate of drug-likeness (QED) is 0.871. The van der Waals surface area contributed by atoms with Gasteiger partial charge in [-0.25, -0.2) is 4.39 Å². The van der Waals surface area contributed by atoms with Crippen LogP contribution in [0.3, 0.4) is 0 Å². The largest absolute Gasteiger partial charge is 0.457 e. The van der Waals surface area contributed by atoms with E-state index in [-0.39, 0.29) is 11.7 Å². The van der Waals surface area contributed by atoms with E-state index in [4.69, 9.17) is 10.5 Å². The van der Waals surface area contributed by atoms with Crippen molar-refractivity contribution in [3.63, 3.8) is 0 Å². The highest BCUT2D eigenvalue weighted by Gasteiger charge is 2.21. The molecule has 0 bridgehead atoms. The normalized spacial score (nSPS) is 18.0. The highest BCUT2D eigenvalue weighted by molar-refractivity contribution is 5.74. The Morgan fingerprint density at radius 3 is 2.72 bits per heavy atom. The fourth-order valence-electron chi connectivity index (χ4n) is 3.33. The number of halogens is 1. The van der Waals surface area contributed by atoms with Crippen molar-refractivity contribution in [1.82, 2.24) is 4.90 Å². The van der Waals surface area contributed by atoms with E-state index in [1.165, 1.54) is 17.7 Å². The summed E-state index contributed by atoms with van der Waals surface area (Å²) in [6.45, 7) is 2.79. The van der Waals surface area contributed by atoms with Gasteiger partial charge in [-0.05, 0) is 55.1 Å². The molecule has 5 heteroatoms. The van der Waals surface area contributed by atoms with Crippen LogP contribution in [0.1, 0.15) is 24.8 Å². The summed E-state index contributed by atoms with van der Waals surface area (Å²) in [4.78, 5) is 13.5. The molecular formula is C20H23FN2O2. The molecule has 1 unspecified atom stereocenters. The minimum Gasteiger partial charge on any atom is -0.457 e. The number of ether oxygens (including phenoxy) is 1. The number of amides is 1. The van der Waals surface area contributed by atoms with Crippen LogP contribution in [-0.4, -0.2) is 23.9 Å². The van der Waals surface area contributed by atoms with Crippen molar-refractivity contribution in [1.29, 1.82) is 0 Å². The van der Waals surface area contributed by atoms with Crippen molar-refractivity contribution >= 4 is 5.91 Å². The van der Waals surface area contributed by atoms with E-state index in [1.807, 2.05) is 24.3 Å². The zero-order valence-corrected chi connectivity index (χ0v) is 14.2. The van der Waals surface area contributed by atoms with Gasteiger partial charge < -0.3 is 10.5 Å². The van der Waals surface area contributed by atoms with Gasteiger partial charge in [-0.3, -0.25) is 9.69 Å². The van der Waals surface area contributed by atoms with E-state index < -0.39 is 0 Å². The first-order chi connectivity index (χ1) is 12.1. The molecule has 2 aromatic rings. The maximum Gasteiger partial charge on any atom is 0.217 e. The lowest BCUT2D eigenvalue weighted by molar-refractivity contribution is -0.119. The Kier molecular flexibility index (Phi) is 5.66. The van der Waals surface area contributed by atoms with Crippen LogP contribution in [0.4, 0.5) is 4.39 Å². The minimum absolute atomic E-state index is 0.217. The molecule has 0 aromatic heterocycles. The molecule has 1 saturated heterocycles. The monoisotopic (exact) mass is 342 g/mol. The zero-order valence-electron chi connectivity index (χ0n) is 14.2. The summed E-state index contributed by atoms with van der Waals surface area (Å²) in [7, 11) is 0. The lowest BCUT2D eigenvalue weighted by Crippen LogP contribution is -2.36. The third kappa shape index (κ3) is 5.29. The first-order valence-electron chi connectivity index (χ1n) is 8.61. The molecule has 0 aliphatic carbocycles. The molecule has 132 valence electrons. The van der Waals surface area contributed by atoms with E-state index in [0.717, 1.165) is 32.5 Å². The summed E-state index contributed by atoms with van der Waals surface area (Å²) < 4.78 is 18.9. The second-order valence-corrected chi connectivity index (χ2v) is 6.62. The number of hydrogen-bond acceptors (Lipinski definition) is 3. The van der Waals surface area contributed by atoms with Crippen LogP contribution in [0.5, 0.6) is 11.5 Å². The second-order valence-electron chi connectivity index (χ2n) is 6.62. The molecule has 2 N–H and O–H groups in total. The topological polar surface area (TPSA) is 55.6 Å². The Labute approximate surface area is 147 Å². The molecular weight excluding hydrogens is 319 g/mol. The van der Waals surface area contributed by atoms with Crippen molar-refractivity contribution < 1.29 is 13.9 Å². The summed E-state index contributed by atoms with van der Waals surface area (Å²) >= 11 is 0. The molecule has 1 fully saturated rings. The summed E-state index contributed by atoms with van der Waals surface area (Å²) in [6.07, 6.45) is 2.63. The summed E-state index contributed by atoms with van der Waals surface area (Å²) in [5.74, 6) is 0.995. The number of nitrogens with two attached hydrogens (primary N) is 1. The average Bonchev–Trinajstić information content (AvgIpc) is 2.56. The number of hydrogen-bond donors (Lipinski definition) is 1. The highest BCUT2D eigenvalue weighted by atomic mass is 19.1. The van der Waals surface area contributed by atoms with Gasteiger partial charge in [-0.15, -0.1) is 0 Å². The molecule has 1 aliphatic rings. The Bertz CT molecular complexity index is 718. The van der Waals surface area contributed by atoms with E-state index in [2.05, 4.69) is 4.90 Å². The SMILES string of the molecule is NC(=O)CC1CCCN(Cc2ccc(Oc3cccc(F)c3)cc2)C1. The first-order valence-corrected chi connectivity index (χ1v) is 8.61. The van der Waals surface area contributed by atoms with E-state index in [9.17, 15) is 9.18 Å². The number of nitrogens with zero attached hydrogens (tertiary/aromatic N) is 1. The number of rotatable bonds is 6. The van der Waals surface area contributed by atoms with Crippen molar-refractivity contribution in [3.05, 3.63) is 59.9 Å². The maximum atomic E-state index is 13.2. The van der Waals surface area contributed by atoms with Crippen molar-refractivity contribution in [2.75, 3.05) is 13.1 Å². The molecule has 1 amide bonds. The molecule has 1 heterocycles. The fraction of sp³-hybridized carbons (Fsp3) is 0.350. The molecule has 3 rings (SSSR count). The van der Waals surface area contributed by atoms with E-state index >= 15 is 0 Å². The van der Waals surface area contributed by atoms with Crippen molar-refractivity contribution in [2.24, 2.45) is 11.7 Å². The molecule has 2 aromatic carbocycles. The predicted octanol–water partition coefficient (Wildman–Crippen LogP) is 3.71. The van der Waals surface area contributed by atoms with Crippen LogP contribution in [-0.2, 0) is 11.3 Å². The smallest absolute Gasteiger partial charge is 0.217 e. The predicted molar refractivity (Wildman–Crippen MR) is 94.7 cm³/mol. The highest BCUT2D eigenvalue weighted by Crippen LogP contribution is 2.24. The van der Waals surface area contributed by atoms with Crippen LogP contribution in [0.2, 0.25) is 0 Å². The third-order valence-corrected chi connectivity index (χ3v) is 4.45. The van der Waals surface area contributed by atoms with E-state index in [1.54, 1.807) is 12.1 Å². The van der Waals surface area contributed by atoms with Crippen LogP contribution in [0, 0.1) is 11.7 Å². The molecule has 25 heavy (non-hydrogen) atoms. The standard InChI is InChI=1S/C20H23FN2O2/c21-17-4-1-5-19(12-17)25-18-8-6-15(7-9-18)13-23-10-2-3-16(14-23)11-20(22)24/h1,4-9,12,16H,2-3,10-11,13-14H2,(H2,22,24). The molecule has 1 atom stereocenters. The molecule has 4 nitrogen and oxygen atoms in total. The van der Waals surface area contributed by atoms with Crippen LogP contribution in [0.15, 0.2) is 48.5 Å². The molecule has 1 aliphatic heterocycles. The molecule has 0 saturated carbocycles.